The van der Waals surface area contributed by atoms with Gasteiger partial charge in [-0.15, -0.1) is 22.7 Å². The molecule has 0 saturated carbocycles. The van der Waals surface area contributed by atoms with E-state index in [1.165, 1.54) is 15.9 Å². The average Bonchev–Trinajstić information content (AvgIpc) is 3.53. The van der Waals surface area contributed by atoms with Crippen LogP contribution in [0, 0.1) is 0 Å². The summed E-state index contributed by atoms with van der Waals surface area (Å²) in [4.78, 5) is 43.9. The van der Waals surface area contributed by atoms with E-state index < -0.39 is 17.6 Å². The summed E-state index contributed by atoms with van der Waals surface area (Å²) in [7, 11) is 4.84. The topological polar surface area (TPSA) is 95.7 Å². The van der Waals surface area contributed by atoms with Crippen LogP contribution in [0.5, 0.6) is 0 Å². The second-order valence-corrected chi connectivity index (χ2v) is 11.8. The number of benzene rings is 1. The summed E-state index contributed by atoms with van der Waals surface area (Å²) in [6.07, 6.45) is 4.48. The molecule has 0 spiro atoms. The second-order valence-electron chi connectivity index (χ2n) is 9.88. The molecule has 2 atom stereocenters. The smallest absolute Gasteiger partial charge is 0.246 e. The van der Waals surface area contributed by atoms with Gasteiger partial charge in [0.05, 0.1) is 0 Å². The minimum Gasteiger partial charge on any atom is -0.357 e. The number of nitrogens with two attached hydrogens (primary N) is 1. The first-order valence-corrected chi connectivity index (χ1v) is 14.0. The molecule has 3 rings (SSSR count). The molecule has 0 fully saturated rings. The Labute approximate surface area is 226 Å². The van der Waals surface area contributed by atoms with E-state index in [2.05, 4.69) is 5.32 Å². The zero-order chi connectivity index (χ0) is 27.2. The number of fused-ring (bicyclic) bond motifs is 1. The van der Waals surface area contributed by atoms with E-state index >= 15 is 0 Å². The fraction of sp³-hybridized carbons (Fsp3) is 0.393. The fourth-order valence-electron chi connectivity index (χ4n) is 4.10. The molecule has 0 aliphatic carbocycles. The standard InChI is InChI=1S/C28H36N4O3S2/c1-28(2,29)14-8-13-25(33)31(4)23(16-19-18-37-24-12-7-6-11-21(19)24)27(35)32(5)22(26(34)30-3)17-20-10-9-15-36-20/h6-13,15,18,22-23H,14,16-17,29H2,1-5H3,(H,30,34)/b13-8+/t22-,23-/m1/s1. The monoisotopic (exact) mass is 540 g/mol. The van der Waals surface area contributed by atoms with E-state index in [0.717, 1.165) is 20.5 Å². The van der Waals surface area contributed by atoms with Gasteiger partial charge in [-0.05, 0) is 60.2 Å². The number of hydrogen-bond donors (Lipinski definition) is 2. The molecule has 0 radical (unpaired) electrons. The van der Waals surface area contributed by atoms with E-state index in [-0.39, 0.29) is 17.7 Å². The van der Waals surface area contributed by atoms with Crippen molar-refractivity contribution in [3.8, 4) is 0 Å². The Morgan fingerprint density at radius 1 is 1.03 bits per heavy atom. The van der Waals surface area contributed by atoms with Gasteiger partial charge in [0, 0.05) is 49.1 Å². The Balaban J connectivity index is 1.92. The highest BCUT2D eigenvalue weighted by Crippen LogP contribution is 2.28. The maximum Gasteiger partial charge on any atom is 0.246 e. The van der Waals surface area contributed by atoms with Crippen molar-refractivity contribution in [3.63, 3.8) is 0 Å². The highest BCUT2D eigenvalue weighted by molar-refractivity contribution is 7.17. The lowest BCUT2D eigenvalue weighted by Crippen LogP contribution is -2.55. The molecule has 2 heterocycles. The molecule has 0 aliphatic heterocycles. The molecule has 3 aromatic rings. The predicted molar refractivity (Wildman–Crippen MR) is 153 cm³/mol. The van der Waals surface area contributed by atoms with E-state index in [1.54, 1.807) is 49.9 Å². The molecule has 198 valence electrons. The molecule has 37 heavy (non-hydrogen) atoms. The largest absolute Gasteiger partial charge is 0.357 e. The van der Waals surface area contributed by atoms with Gasteiger partial charge in [0.25, 0.3) is 0 Å². The predicted octanol–water partition coefficient (Wildman–Crippen LogP) is 3.83. The number of nitrogens with zero attached hydrogens (tertiary/aromatic N) is 2. The van der Waals surface area contributed by atoms with E-state index in [0.29, 0.717) is 19.3 Å². The summed E-state index contributed by atoms with van der Waals surface area (Å²) < 4.78 is 1.12. The van der Waals surface area contributed by atoms with Crippen molar-refractivity contribution >= 4 is 50.5 Å². The van der Waals surface area contributed by atoms with Crippen molar-refractivity contribution in [2.24, 2.45) is 5.73 Å². The van der Waals surface area contributed by atoms with Crippen LogP contribution in [0.25, 0.3) is 10.1 Å². The van der Waals surface area contributed by atoms with Crippen LogP contribution < -0.4 is 11.1 Å². The zero-order valence-electron chi connectivity index (χ0n) is 22.1. The van der Waals surface area contributed by atoms with Gasteiger partial charge in [0.15, 0.2) is 0 Å². The lowest BCUT2D eigenvalue weighted by Gasteiger charge is -2.34. The Morgan fingerprint density at radius 3 is 2.41 bits per heavy atom. The molecular formula is C28H36N4O3S2. The normalized spacial score (nSPS) is 13.5. The molecule has 9 heteroatoms. The van der Waals surface area contributed by atoms with Crippen molar-refractivity contribution in [2.45, 2.75) is 50.7 Å². The molecule has 3 N–H and O–H groups in total. The summed E-state index contributed by atoms with van der Waals surface area (Å²) in [5, 5.41) is 7.74. The van der Waals surface area contributed by atoms with Crippen LogP contribution in [0.4, 0.5) is 0 Å². The van der Waals surface area contributed by atoms with Gasteiger partial charge in [0.1, 0.15) is 12.1 Å². The Hall–Kier alpha value is -3.01. The lowest BCUT2D eigenvalue weighted by molar-refractivity contribution is -0.146. The number of amides is 3. The molecule has 7 nitrogen and oxygen atoms in total. The van der Waals surface area contributed by atoms with Gasteiger partial charge in [-0.1, -0.05) is 30.3 Å². The van der Waals surface area contributed by atoms with Crippen LogP contribution in [0.1, 0.15) is 30.7 Å². The first-order chi connectivity index (χ1) is 17.5. The van der Waals surface area contributed by atoms with Crippen LogP contribution in [0.2, 0.25) is 0 Å². The molecule has 0 saturated heterocycles. The lowest BCUT2D eigenvalue weighted by atomic mass is 10.0. The molecule has 1 aromatic carbocycles. The third-order valence-electron chi connectivity index (χ3n) is 6.32. The quantitative estimate of drug-likeness (QED) is 0.362. The first kappa shape index (κ1) is 28.6. The van der Waals surface area contributed by atoms with Crippen molar-refractivity contribution in [1.29, 1.82) is 0 Å². The molecule has 0 unspecified atom stereocenters. The number of hydrogen-bond acceptors (Lipinski definition) is 6. The maximum absolute atomic E-state index is 14.0. The molecule has 0 aliphatic rings. The average molecular weight is 541 g/mol. The number of nitrogens with one attached hydrogen (secondary N) is 1. The van der Waals surface area contributed by atoms with Crippen molar-refractivity contribution in [3.05, 3.63) is 69.8 Å². The summed E-state index contributed by atoms with van der Waals surface area (Å²) in [6.45, 7) is 3.78. The van der Waals surface area contributed by atoms with E-state index in [9.17, 15) is 14.4 Å². The van der Waals surface area contributed by atoms with Crippen molar-refractivity contribution in [2.75, 3.05) is 21.1 Å². The summed E-state index contributed by atoms with van der Waals surface area (Å²) in [5.41, 5.74) is 6.60. The van der Waals surface area contributed by atoms with Crippen LogP contribution in [0.15, 0.2) is 59.3 Å². The molecule has 2 aromatic heterocycles. The Kier molecular flexibility index (Phi) is 9.64. The Bertz CT molecular complexity index is 1240. The van der Waals surface area contributed by atoms with Crippen molar-refractivity contribution < 1.29 is 14.4 Å². The Morgan fingerprint density at radius 2 is 1.76 bits per heavy atom. The number of likely N-dealkylation sites (N-methyl/N-ethyl adjacent to an activating group) is 3. The summed E-state index contributed by atoms with van der Waals surface area (Å²) in [5.74, 6) is -0.822. The fourth-order valence-corrected chi connectivity index (χ4v) is 5.82. The van der Waals surface area contributed by atoms with E-state index in [4.69, 9.17) is 5.73 Å². The molecule has 0 bridgehead atoms. The van der Waals surface area contributed by atoms with Gasteiger partial charge in [-0.25, -0.2) is 0 Å². The van der Waals surface area contributed by atoms with Gasteiger partial charge in [0.2, 0.25) is 17.7 Å². The minimum atomic E-state index is -0.790. The van der Waals surface area contributed by atoms with Crippen LogP contribution in [-0.4, -0.2) is 66.3 Å². The second kappa shape index (κ2) is 12.5. The highest BCUT2D eigenvalue weighted by Gasteiger charge is 2.35. The minimum absolute atomic E-state index is 0.247. The zero-order valence-corrected chi connectivity index (χ0v) is 23.7. The van der Waals surface area contributed by atoms with Gasteiger partial charge in [-0.3, -0.25) is 14.4 Å². The number of carbonyl (C=O) groups is 3. The summed E-state index contributed by atoms with van der Waals surface area (Å²) >= 11 is 3.15. The van der Waals surface area contributed by atoms with Gasteiger partial charge >= 0.3 is 0 Å². The van der Waals surface area contributed by atoms with Crippen LogP contribution in [-0.2, 0) is 27.2 Å². The molecular weight excluding hydrogens is 504 g/mol. The highest BCUT2D eigenvalue weighted by atomic mass is 32.1. The van der Waals surface area contributed by atoms with Crippen molar-refractivity contribution in [1.82, 2.24) is 15.1 Å². The third kappa shape index (κ3) is 7.50. The number of rotatable bonds is 11. The first-order valence-electron chi connectivity index (χ1n) is 12.2. The van der Waals surface area contributed by atoms with Crippen LogP contribution >= 0.6 is 22.7 Å². The van der Waals surface area contributed by atoms with Crippen LogP contribution in [0.3, 0.4) is 0 Å². The number of thiophene rings is 2. The number of carbonyl (C=O) groups excluding carboxylic acids is 3. The third-order valence-corrected chi connectivity index (χ3v) is 8.23. The summed E-state index contributed by atoms with van der Waals surface area (Å²) in [6, 6.07) is 10.4. The SMILES string of the molecule is CNC(=O)[C@@H](Cc1cccs1)N(C)C(=O)[C@@H](Cc1csc2ccccc12)N(C)C(=O)/C=C/CC(C)(C)N. The maximum atomic E-state index is 14.0. The van der Waals surface area contributed by atoms with Gasteiger partial charge < -0.3 is 20.9 Å². The van der Waals surface area contributed by atoms with Gasteiger partial charge in [-0.2, -0.15) is 0 Å². The molecule has 3 amide bonds. The van der Waals surface area contributed by atoms with E-state index in [1.807, 2.05) is 61.0 Å².